The van der Waals surface area contributed by atoms with Gasteiger partial charge in [-0.15, -0.1) is 0 Å². The third-order valence-electron chi connectivity index (χ3n) is 2.69. The topological polar surface area (TPSA) is 57.6 Å². The SMILES string of the molecule is CC(C)S(=O)(=O)N1CC(O)CC1(C)C. The van der Waals surface area contributed by atoms with E-state index in [4.69, 9.17) is 0 Å². The van der Waals surface area contributed by atoms with Crippen molar-refractivity contribution < 1.29 is 13.5 Å². The van der Waals surface area contributed by atoms with E-state index in [1.165, 1.54) is 4.31 Å². The molecular weight excluding hydrogens is 202 g/mol. The van der Waals surface area contributed by atoms with Crippen molar-refractivity contribution in [2.45, 2.75) is 51.0 Å². The van der Waals surface area contributed by atoms with E-state index >= 15 is 0 Å². The van der Waals surface area contributed by atoms with E-state index in [2.05, 4.69) is 0 Å². The van der Waals surface area contributed by atoms with Gasteiger partial charge in [0, 0.05) is 12.1 Å². The number of β-amino-alcohol motifs (C(OH)–C–C–N with tert-alkyl or cyclic N) is 1. The van der Waals surface area contributed by atoms with E-state index in [1.54, 1.807) is 13.8 Å². The fourth-order valence-corrected chi connectivity index (χ4v) is 3.54. The van der Waals surface area contributed by atoms with Crippen LogP contribution in [0.5, 0.6) is 0 Å². The van der Waals surface area contributed by atoms with E-state index in [9.17, 15) is 13.5 Å². The summed E-state index contributed by atoms with van der Waals surface area (Å²) in [5.74, 6) is 0. The molecule has 0 aromatic rings. The second-order valence-corrected chi connectivity index (χ2v) is 7.21. The molecule has 0 aromatic heterocycles. The van der Waals surface area contributed by atoms with Crippen molar-refractivity contribution in [3.8, 4) is 0 Å². The number of nitrogens with zero attached hydrogens (tertiary/aromatic N) is 1. The molecule has 0 spiro atoms. The molecule has 1 rings (SSSR count). The Kier molecular flexibility index (Phi) is 2.96. The van der Waals surface area contributed by atoms with Crippen LogP contribution in [0.2, 0.25) is 0 Å². The van der Waals surface area contributed by atoms with Crippen LogP contribution < -0.4 is 0 Å². The second-order valence-electron chi connectivity index (χ2n) is 4.80. The molecule has 1 unspecified atom stereocenters. The number of sulfonamides is 1. The fraction of sp³-hybridized carbons (Fsp3) is 1.00. The normalized spacial score (nSPS) is 28.6. The van der Waals surface area contributed by atoms with Gasteiger partial charge in [-0.2, -0.15) is 4.31 Å². The quantitative estimate of drug-likeness (QED) is 0.741. The minimum atomic E-state index is -3.24. The van der Waals surface area contributed by atoms with E-state index in [-0.39, 0.29) is 6.54 Å². The molecule has 4 nitrogen and oxygen atoms in total. The lowest BCUT2D eigenvalue weighted by Gasteiger charge is -2.31. The smallest absolute Gasteiger partial charge is 0.217 e. The molecule has 1 fully saturated rings. The predicted octanol–water partition coefficient (Wildman–Crippen LogP) is 0.570. The van der Waals surface area contributed by atoms with E-state index in [0.717, 1.165) is 0 Å². The number of aliphatic hydroxyl groups excluding tert-OH is 1. The van der Waals surface area contributed by atoms with Gasteiger partial charge in [0.2, 0.25) is 10.0 Å². The number of hydrogen-bond donors (Lipinski definition) is 1. The molecule has 0 amide bonds. The Morgan fingerprint density at radius 1 is 1.43 bits per heavy atom. The van der Waals surface area contributed by atoms with E-state index < -0.39 is 26.9 Å². The molecule has 0 radical (unpaired) electrons. The minimum Gasteiger partial charge on any atom is -0.392 e. The molecule has 1 aliphatic heterocycles. The third kappa shape index (κ3) is 1.94. The van der Waals surface area contributed by atoms with Gasteiger partial charge < -0.3 is 5.11 Å². The summed E-state index contributed by atoms with van der Waals surface area (Å²) in [7, 11) is -3.24. The lowest BCUT2D eigenvalue weighted by atomic mass is 10.0. The van der Waals surface area contributed by atoms with E-state index in [0.29, 0.717) is 6.42 Å². The molecule has 1 heterocycles. The van der Waals surface area contributed by atoms with Gasteiger partial charge in [-0.3, -0.25) is 0 Å². The van der Waals surface area contributed by atoms with Crippen LogP contribution in [-0.2, 0) is 10.0 Å². The molecular formula is C9H19NO3S. The van der Waals surface area contributed by atoms with Crippen LogP contribution in [0, 0.1) is 0 Å². The number of rotatable bonds is 2. The average Bonchev–Trinajstić information content (AvgIpc) is 2.24. The van der Waals surface area contributed by atoms with Gasteiger partial charge in [0.15, 0.2) is 0 Å². The van der Waals surface area contributed by atoms with Crippen molar-refractivity contribution >= 4 is 10.0 Å². The largest absolute Gasteiger partial charge is 0.392 e. The van der Waals surface area contributed by atoms with Crippen molar-refractivity contribution in [1.29, 1.82) is 0 Å². The highest BCUT2D eigenvalue weighted by Crippen LogP contribution is 2.32. The zero-order chi connectivity index (χ0) is 11.1. The van der Waals surface area contributed by atoms with Crippen LogP contribution >= 0.6 is 0 Å². The van der Waals surface area contributed by atoms with Crippen molar-refractivity contribution in [3.63, 3.8) is 0 Å². The lowest BCUT2D eigenvalue weighted by Crippen LogP contribution is -2.45. The van der Waals surface area contributed by atoms with E-state index in [1.807, 2.05) is 13.8 Å². The Balaban J connectivity index is 3.00. The first-order valence-electron chi connectivity index (χ1n) is 4.87. The van der Waals surface area contributed by atoms with Crippen molar-refractivity contribution in [2.24, 2.45) is 0 Å². The first-order valence-corrected chi connectivity index (χ1v) is 6.38. The summed E-state index contributed by atoms with van der Waals surface area (Å²) in [5, 5.41) is 9.05. The molecule has 1 aliphatic rings. The van der Waals surface area contributed by atoms with Crippen LogP contribution in [0.4, 0.5) is 0 Å². The average molecular weight is 221 g/mol. The minimum absolute atomic E-state index is 0.230. The Bertz CT molecular complexity index is 308. The maximum absolute atomic E-state index is 11.9. The molecule has 1 N–H and O–H groups in total. The van der Waals surface area contributed by atoms with Crippen molar-refractivity contribution in [2.75, 3.05) is 6.54 Å². The summed E-state index contributed by atoms with van der Waals surface area (Å²) in [6.07, 6.45) is -0.0163. The zero-order valence-corrected chi connectivity index (χ0v) is 10.0. The molecule has 0 aliphatic carbocycles. The summed E-state index contributed by atoms with van der Waals surface area (Å²) in [5.41, 5.74) is -0.456. The first kappa shape index (κ1) is 11.9. The molecule has 1 atom stereocenters. The van der Waals surface area contributed by atoms with Crippen molar-refractivity contribution in [1.82, 2.24) is 4.31 Å². The first-order chi connectivity index (χ1) is 6.18. The predicted molar refractivity (Wildman–Crippen MR) is 55.5 cm³/mol. The molecule has 0 bridgehead atoms. The summed E-state index contributed by atoms with van der Waals surface area (Å²) in [6.45, 7) is 7.26. The molecule has 84 valence electrons. The van der Waals surface area contributed by atoms with Crippen LogP contribution in [-0.4, -0.2) is 41.3 Å². The highest BCUT2D eigenvalue weighted by molar-refractivity contribution is 7.89. The highest BCUT2D eigenvalue weighted by atomic mass is 32.2. The monoisotopic (exact) mass is 221 g/mol. The van der Waals surface area contributed by atoms with Crippen LogP contribution in [0.3, 0.4) is 0 Å². The zero-order valence-electron chi connectivity index (χ0n) is 9.19. The van der Waals surface area contributed by atoms with Crippen LogP contribution in [0.25, 0.3) is 0 Å². The summed E-state index contributed by atoms with van der Waals surface area (Å²) in [4.78, 5) is 0. The molecule has 0 saturated carbocycles. The van der Waals surface area contributed by atoms with Gasteiger partial charge in [-0.05, 0) is 34.1 Å². The Labute approximate surface area is 86.0 Å². The Morgan fingerprint density at radius 2 is 1.93 bits per heavy atom. The van der Waals surface area contributed by atoms with Gasteiger partial charge in [0.1, 0.15) is 0 Å². The fourth-order valence-electron chi connectivity index (χ4n) is 1.88. The van der Waals surface area contributed by atoms with Gasteiger partial charge in [-0.1, -0.05) is 0 Å². The summed E-state index contributed by atoms with van der Waals surface area (Å²) in [6, 6.07) is 0. The van der Waals surface area contributed by atoms with Crippen molar-refractivity contribution in [3.05, 3.63) is 0 Å². The Morgan fingerprint density at radius 3 is 2.21 bits per heavy atom. The molecule has 1 saturated heterocycles. The molecule has 14 heavy (non-hydrogen) atoms. The standard InChI is InChI=1S/C9H19NO3S/c1-7(2)14(12,13)10-6-8(11)5-9(10,3)4/h7-8,11H,5-6H2,1-4H3. The maximum atomic E-state index is 11.9. The highest BCUT2D eigenvalue weighted by Gasteiger charge is 2.45. The maximum Gasteiger partial charge on any atom is 0.217 e. The molecule has 0 aromatic carbocycles. The second kappa shape index (κ2) is 3.47. The van der Waals surface area contributed by atoms with Crippen LogP contribution in [0.15, 0.2) is 0 Å². The van der Waals surface area contributed by atoms with Crippen LogP contribution in [0.1, 0.15) is 34.1 Å². The van der Waals surface area contributed by atoms with Gasteiger partial charge in [-0.25, -0.2) is 8.42 Å². The lowest BCUT2D eigenvalue weighted by molar-refractivity contribution is 0.187. The summed E-state index contributed by atoms with van der Waals surface area (Å²) >= 11 is 0. The van der Waals surface area contributed by atoms with Gasteiger partial charge in [0.05, 0.1) is 11.4 Å². The van der Waals surface area contributed by atoms with Gasteiger partial charge in [0.25, 0.3) is 0 Å². The molecule has 5 heteroatoms. The van der Waals surface area contributed by atoms with Gasteiger partial charge >= 0.3 is 0 Å². The number of hydrogen-bond acceptors (Lipinski definition) is 3. The third-order valence-corrected chi connectivity index (χ3v) is 5.14. The Hall–Kier alpha value is -0.130. The number of aliphatic hydroxyl groups is 1. The summed E-state index contributed by atoms with van der Waals surface area (Å²) < 4.78 is 25.2.